The monoisotopic (exact) mass is 246 g/mol. The molecular formula is C12H17F3N2. The van der Waals surface area contributed by atoms with Crippen molar-refractivity contribution in [3.63, 3.8) is 0 Å². The molecule has 0 aromatic carbocycles. The van der Waals surface area contributed by atoms with Gasteiger partial charge in [-0.15, -0.1) is 0 Å². The van der Waals surface area contributed by atoms with E-state index in [1.54, 1.807) is 0 Å². The Balaban J connectivity index is 2.64. The van der Waals surface area contributed by atoms with Crippen molar-refractivity contribution < 1.29 is 13.2 Å². The highest BCUT2D eigenvalue weighted by molar-refractivity contribution is 5.34. The quantitative estimate of drug-likeness (QED) is 0.773. The number of hydrogen-bond acceptors (Lipinski definition) is 1. The molecule has 0 N–H and O–H groups in total. The van der Waals surface area contributed by atoms with Crippen LogP contribution in [0.25, 0.3) is 0 Å². The van der Waals surface area contributed by atoms with Crippen molar-refractivity contribution in [1.29, 1.82) is 0 Å². The van der Waals surface area contributed by atoms with Crippen molar-refractivity contribution in [3.05, 3.63) is 17.0 Å². The van der Waals surface area contributed by atoms with Crippen LogP contribution in [0, 0.1) is 0 Å². The molecule has 1 aliphatic carbocycles. The van der Waals surface area contributed by atoms with Crippen LogP contribution in [0.4, 0.5) is 13.2 Å². The first kappa shape index (κ1) is 12.5. The Morgan fingerprint density at radius 2 is 2.00 bits per heavy atom. The van der Waals surface area contributed by atoms with Crippen molar-refractivity contribution in [1.82, 2.24) is 9.78 Å². The van der Waals surface area contributed by atoms with Crippen LogP contribution in [0.1, 0.15) is 63.0 Å². The third-order valence-corrected chi connectivity index (χ3v) is 3.30. The smallest absolute Gasteiger partial charge is 0.263 e. The van der Waals surface area contributed by atoms with Gasteiger partial charge in [-0.2, -0.15) is 5.10 Å². The first-order valence-corrected chi connectivity index (χ1v) is 5.93. The second-order valence-corrected chi connectivity index (χ2v) is 5.10. The maximum atomic E-state index is 14.5. The Bertz CT molecular complexity index is 422. The summed E-state index contributed by atoms with van der Waals surface area (Å²) in [5, 5.41) is 3.91. The molecule has 0 amide bonds. The minimum Gasteiger partial charge on any atom is -0.263 e. The Morgan fingerprint density at radius 1 is 1.35 bits per heavy atom. The van der Waals surface area contributed by atoms with Crippen molar-refractivity contribution in [2.45, 2.75) is 58.2 Å². The van der Waals surface area contributed by atoms with E-state index in [-0.39, 0.29) is 11.7 Å². The van der Waals surface area contributed by atoms with E-state index >= 15 is 0 Å². The molecule has 0 radical (unpaired) electrons. The zero-order valence-corrected chi connectivity index (χ0v) is 10.3. The maximum absolute atomic E-state index is 14.5. The third kappa shape index (κ3) is 1.96. The summed E-state index contributed by atoms with van der Waals surface area (Å²) in [6.45, 7) is 5.11. The van der Waals surface area contributed by atoms with Gasteiger partial charge in [-0.3, -0.25) is 4.68 Å². The van der Waals surface area contributed by atoms with Crippen LogP contribution in [-0.2, 0) is 12.1 Å². The van der Waals surface area contributed by atoms with Crippen LogP contribution in [0.5, 0.6) is 0 Å². The molecule has 1 unspecified atom stereocenters. The standard InChI is InChI=1S/C12H17F3N2/c1-7(2)17-10-8(9(16-17)11(13)14)5-4-6-12(10,3)15/h7,11H,4-6H2,1-3H3. The normalized spacial score (nSPS) is 24.5. The fourth-order valence-corrected chi connectivity index (χ4v) is 2.55. The molecular weight excluding hydrogens is 229 g/mol. The molecule has 0 spiro atoms. The minimum absolute atomic E-state index is 0.107. The van der Waals surface area contributed by atoms with Gasteiger partial charge in [0.1, 0.15) is 11.4 Å². The van der Waals surface area contributed by atoms with Gasteiger partial charge < -0.3 is 0 Å². The summed E-state index contributed by atoms with van der Waals surface area (Å²) in [6, 6.07) is -0.107. The van der Waals surface area contributed by atoms with E-state index in [0.717, 1.165) is 0 Å². The van der Waals surface area contributed by atoms with Gasteiger partial charge in [-0.1, -0.05) is 0 Å². The Labute approximate surface area is 98.8 Å². The lowest BCUT2D eigenvalue weighted by molar-refractivity contribution is 0.140. The first-order chi connectivity index (χ1) is 7.84. The van der Waals surface area contributed by atoms with Crippen LogP contribution in [0.2, 0.25) is 0 Å². The van der Waals surface area contributed by atoms with Gasteiger partial charge in [0.05, 0.1) is 5.69 Å². The Kier molecular flexibility index (Phi) is 2.96. The predicted octanol–water partition coefficient (Wildman–Crippen LogP) is 3.92. The molecule has 96 valence electrons. The number of halogens is 3. The molecule has 1 aliphatic rings. The highest BCUT2D eigenvalue weighted by atomic mass is 19.3. The van der Waals surface area contributed by atoms with E-state index in [1.165, 1.54) is 11.6 Å². The number of rotatable bonds is 2. The van der Waals surface area contributed by atoms with E-state index < -0.39 is 12.1 Å². The molecule has 2 rings (SSSR count). The van der Waals surface area contributed by atoms with Crippen LogP contribution in [0.15, 0.2) is 0 Å². The average Bonchev–Trinajstić information content (AvgIpc) is 2.58. The maximum Gasteiger partial charge on any atom is 0.282 e. The fourth-order valence-electron chi connectivity index (χ4n) is 2.55. The fraction of sp³-hybridized carbons (Fsp3) is 0.750. The van der Waals surface area contributed by atoms with Gasteiger partial charge in [-0.05, 0) is 40.0 Å². The van der Waals surface area contributed by atoms with E-state index in [9.17, 15) is 13.2 Å². The summed E-state index contributed by atoms with van der Waals surface area (Å²) in [5.74, 6) is 0. The third-order valence-electron chi connectivity index (χ3n) is 3.30. The molecule has 2 nitrogen and oxygen atoms in total. The van der Waals surface area contributed by atoms with Crippen LogP contribution in [0.3, 0.4) is 0 Å². The number of aromatic nitrogens is 2. The lowest BCUT2D eigenvalue weighted by Gasteiger charge is -2.28. The highest BCUT2D eigenvalue weighted by Crippen LogP contribution is 2.42. The van der Waals surface area contributed by atoms with E-state index in [1.807, 2.05) is 13.8 Å². The number of nitrogens with zero attached hydrogens (tertiary/aromatic N) is 2. The average molecular weight is 246 g/mol. The molecule has 0 saturated carbocycles. The van der Waals surface area contributed by atoms with Crippen LogP contribution >= 0.6 is 0 Å². The summed E-state index contributed by atoms with van der Waals surface area (Å²) in [5.41, 5.74) is -1.01. The highest BCUT2D eigenvalue weighted by Gasteiger charge is 2.39. The molecule has 0 aliphatic heterocycles. The van der Waals surface area contributed by atoms with Gasteiger partial charge in [0.2, 0.25) is 0 Å². The van der Waals surface area contributed by atoms with Gasteiger partial charge in [0.15, 0.2) is 0 Å². The SMILES string of the molecule is CC(C)n1nc(C(F)F)c2c1C(C)(F)CCC2. The summed E-state index contributed by atoms with van der Waals surface area (Å²) in [6.07, 6.45) is -1.15. The molecule has 17 heavy (non-hydrogen) atoms. The van der Waals surface area contributed by atoms with Crippen molar-refractivity contribution in [3.8, 4) is 0 Å². The van der Waals surface area contributed by atoms with Crippen molar-refractivity contribution in [2.75, 3.05) is 0 Å². The van der Waals surface area contributed by atoms with E-state index in [4.69, 9.17) is 0 Å². The van der Waals surface area contributed by atoms with Gasteiger partial charge in [0.25, 0.3) is 6.43 Å². The predicted molar refractivity (Wildman–Crippen MR) is 59.0 cm³/mol. The molecule has 0 bridgehead atoms. The lowest BCUT2D eigenvalue weighted by atomic mass is 9.85. The Hall–Kier alpha value is -1.00. The Morgan fingerprint density at radius 3 is 2.53 bits per heavy atom. The van der Waals surface area contributed by atoms with Crippen molar-refractivity contribution in [2.24, 2.45) is 0 Å². The minimum atomic E-state index is -2.63. The molecule has 1 heterocycles. The zero-order valence-electron chi connectivity index (χ0n) is 10.3. The largest absolute Gasteiger partial charge is 0.282 e. The molecule has 1 atom stereocenters. The van der Waals surface area contributed by atoms with Crippen LogP contribution in [-0.4, -0.2) is 9.78 Å². The topological polar surface area (TPSA) is 17.8 Å². The number of fused-ring (bicyclic) bond motifs is 1. The van der Waals surface area contributed by atoms with E-state index in [0.29, 0.717) is 30.5 Å². The zero-order chi connectivity index (χ0) is 12.8. The first-order valence-electron chi connectivity index (χ1n) is 5.93. The number of alkyl halides is 3. The van der Waals surface area contributed by atoms with Crippen molar-refractivity contribution >= 4 is 0 Å². The lowest BCUT2D eigenvalue weighted by Crippen LogP contribution is -2.26. The molecule has 0 saturated heterocycles. The van der Waals surface area contributed by atoms with Gasteiger partial charge in [0, 0.05) is 11.6 Å². The second kappa shape index (κ2) is 4.03. The summed E-state index contributed by atoms with van der Waals surface area (Å²) >= 11 is 0. The molecule has 1 aromatic rings. The summed E-state index contributed by atoms with van der Waals surface area (Å²) < 4.78 is 41.7. The summed E-state index contributed by atoms with van der Waals surface area (Å²) in [4.78, 5) is 0. The summed E-state index contributed by atoms with van der Waals surface area (Å²) in [7, 11) is 0. The number of hydrogen-bond donors (Lipinski definition) is 0. The van der Waals surface area contributed by atoms with Gasteiger partial charge in [-0.25, -0.2) is 13.2 Å². The van der Waals surface area contributed by atoms with E-state index in [2.05, 4.69) is 5.10 Å². The second-order valence-electron chi connectivity index (χ2n) is 5.10. The van der Waals surface area contributed by atoms with Gasteiger partial charge >= 0.3 is 0 Å². The molecule has 1 aromatic heterocycles. The molecule has 0 fully saturated rings. The van der Waals surface area contributed by atoms with Crippen LogP contribution < -0.4 is 0 Å². The molecule has 5 heteroatoms.